The van der Waals surface area contributed by atoms with Crippen molar-refractivity contribution in [2.24, 2.45) is 5.84 Å². The lowest BCUT2D eigenvalue weighted by Gasteiger charge is -2.16. The van der Waals surface area contributed by atoms with Crippen LogP contribution in [0.1, 0.15) is 18.3 Å². The number of hydrogen-bond acceptors (Lipinski definition) is 3. The molecule has 19 heavy (non-hydrogen) atoms. The molecule has 0 amide bonds. The molecule has 0 bridgehead atoms. The summed E-state index contributed by atoms with van der Waals surface area (Å²) in [6.45, 7) is 2.97. The normalized spacial score (nSPS) is 12.6. The number of aromatic nitrogens is 2. The molecule has 0 aliphatic carbocycles. The van der Waals surface area contributed by atoms with Crippen LogP contribution >= 0.6 is 0 Å². The monoisotopic (exact) mass is 262 g/mol. The molecule has 1 atom stereocenters. The van der Waals surface area contributed by atoms with Gasteiger partial charge in [0, 0.05) is 31.4 Å². The summed E-state index contributed by atoms with van der Waals surface area (Å²) in [5.41, 5.74) is 3.86. The third kappa shape index (κ3) is 3.62. The largest absolute Gasteiger partial charge is 0.335 e. The Morgan fingerprint density at radius 3 is 2.68 bits per heavy atom. The Bertz CT molecular complexity index is 506. The maximum atomic E-state index is 12.9. The Labute approximate surface area is 112 Å². The lowest BCUT2D eigenvalue weighted by Crippen LogP contribution is -2.39. The van der Waals surface area contributed by atoms with Crippen molar-refractivity contribution in [3.63, 3.8) is 0 Å². The maximum absolute atomic E-state index is 12.9. The van der Waals surface area contributed by atoms with E-state index in [1.807, 2.05) is 6.20 Å². The molecule has 3 N–H and O–H groups in total. The van der Waals surface area contributed by atoms with Gasteiger partial charge in [-0.1, -0.05) is 12.1 Å². The lowest BCUT2D eigenvalue weighted by atomic mass is 10.0. The van der Waals surface area contributed by atoms with Gasteiger partial charge < -0.3 is 4.57 Å². The quantitative estimate of drug-likeness (QED) is 0.615. The van der Waals surface area contributed by atoms with Gasteiger partial charge in [0.25, 0.3) is 0 Å². The number of imidazole rings is 1. The highest BCUT2D eigenvalue weighted by Gasteiger charge is 2.12. The number of nitrogens with zero attached hydrogens (tertiary/aromatic N) is 2. The summed E-state index contributed by atoms with van der Waals surface area (Å²) in [5.74, 6) is 6.38. The first-order valence-corrected chi connectivity index (χ1v) is 6.43. The van der Waals surface area contributed by atoms with Gasteiger partial charge in [0.1, 0.15) is 11.6 Å². The van der Waals surface area contributed by atoms with E-state index in [1.54, 1.807) is 18.3 Å². The highest BCUT2D eigenvalue weighted by Crippen LogP contribution is 2.09. The van der Waals surface area contributed by atoms with E-state index in [0.29, 0.717) is 0 Å². The Morgan fingerprint density at radius 1 is 1.32 bits per heavy atom. The highest BCUT2D eigenvalue weighted by atomic mass is 19.1. The van der Waals surface area contributed by atoms with Gasteiger partial charge in [0.15, 0.2) is 0 Å². The van der Waals surface area contributed by atoms with Gasteiger partial charge in [0.2, 0.25) is 0 Å². The van der Waals surface area contributed by atoms with Crippen LogP contribution in [0.15, 0.2) is 36.7 Å². The van der Waals surface area contributed by atoms with Crippen molar-refractivity contribution in [3.8, 4) is 0 Å². The Morgan fingerprint density at radius 2 is 2.05 bits per heavy atom. The van der Waals surface area contributed by atoms with E-state index < -0.39 is 0 Å². The van der Waals surface area contributed by atoms with Crippen molar-refractivity contribution in [2.45, 2.75) is 32.4 Å². The molecule has 1 unspecified atom stereocenters. The second kappa shape index (κ2) is 6.45. The molecule has 0 aliphatic heterocycles. The number of rotatable bonds is 6. The minimum absolute atomic E-state index is 0.0816. The number of hydrogen-bond donors (Lipinski definition) is 2. The Balaban J connectivity index is 2.02. The van der Waals surface area contributed by atoms with E-state index in [-0.39, 0.29) is 11.9 Å². The SMILES string of the molecule is CCn1ccnc1CC(Cc1ccc(F)cc1)NN. The second-order valence-electron chi connectivity index (χ2n) is 4.53. The molecule has 4 nitrogen and oxygen atoms in total. The molecule has 1 aromatic heterocycles. The van der Waals surface area contributed by atoms with Crippen molar-refractivity contribution in [1.29, 1.82) is 0 Å². The molecule has 102 valence electrons. The molecule has 2 rings (SSSR count). The average molecular weight is 262 g/mol. The summed E-state index contributed by atoms with van der Waals surface area (Å²) in [6.07, 6.45) is 5.24. The molecular formula is C14H19FN4. The minimum Gasteiger partial charge on any atom is -0.335 e. The van der Waals surface area contributed by atoms with Crippen LogP contribution in [0.4, 0.5) is 4.39 Å². The molecule has 0 aliphatic rings. The molecule has 0 fully saturated rings. The van der Waals surface area contributed by atoms with E-state index in [9.17, 15) is 4.39 Å². The van der Waals surface area contributed by atoms with Crippen LogP contribution in [0, 0.1) is 5.82 Å². The minimum atomic E-state index is -0.220. The molecule has 2 aromatic rings. The van der Waals surface area contributed by atoms with Gasteiger partial charge in [-0.3, -0.25) is 11.3 Å². The lowest BCUT2D eigenvalue weighted by molar-refractivity contribution is 0.499. The number of halogens is 1. The van der Waals surface area contributed by atoms with Crippen LogP contribution < -0.4 is 11.3 Å². The fourth-order valence-electron chi connectivity index (χ4n) is 2.13. The Kier molecular flexibility index (Phi) is 4.65. The van der Waals surface area contributed by atoms with Crippen LogP contribution in [0.2, 0.25) is 0 Å². The van der Waals surface area contributed by atoms with Crippen LogP contribution in [0.25, 0.3) is 0 Å². The second-order valence-corrected chi connectivity index (χ2v) is 4.53. The molecule has 1 aromatic carbocycles. The van der Waals surface area contributed by atoms with Gasteiger partial charge in [-0.2, -0.15) is 0 Å². The zero-order valence-corrected chi connectivity index (χ0v) is 11.0. The molecule has 5 heteroatoms. The summed E-state index contributed by atoms with van der Waals surface area (Å²) < 4.78 is 14.9. The van der Waals surface area contributed by atoms with Crippen molar-refractivity contribution in [3.05, 3.63) is 53.9 Å². The van der Waals surface area contributed by atoms with Gasteiger partial charge >= 0.3 is 0 Å². The zero-order chi connectivity index (χ0) is 13.7. The molecular weight excluding hydrogens is 243 g/mol. The molecule has 0 saturated heterocycles. The van der Waals surface area contributed by atoms with E-state index in [1.165, 1.54) is 12.1 Å². The molecule has 0 spiro atoms. The summed E-state index contributed by atoms with van der Waals surface area (Å²) in [5, 5.41) is 0. The van der Waals surface area contributed by atoms with Crippen LogP contribution in [-0.4, -0.2) is 15.6 Å². The number of benzene rings is 1. The van der Waals surface area contributed by atoms with E-state index in [0.717, 1.165) is 30.8 Å². The third-order valence-electron chi connectivity index (χ3n) is 3.20. The first-order chi connectivity index (χ1) is 9.22. The number of nitrogens with one attached hydrogen (secondary N) is 1. The summed E-state index contributed by atoms with van der Waals surface area (Å²) in [4.78, 5) is 4.34. The average Bonchev–Trinajstić information content (AvgIpc) is 2.87. The standard InChI is InChI=1S/C14H19FN4/c1-2-19-8-7-17-14(19)10-13(18-16)9-11-3-5-12(15)6-4-11/h3-8,13,18H,2,9-10,16H2,1H3. The summed E-state index contributed by atoms with van der Waals surface area (Å²) in [7, 11) is 0. The third-order valence-corrected chi connectivity index (χ3v) is 3.20. The van der Waals surface area contributed by atoms with E-state index >= 15 is 0 Å². The van der Waals surface area contributed by atoms with Gasteiger partial charge in [-0.25, -0.2) is 9.37 Å². The molecule has 0 radical (unpaired) electrons. The fraction of sp³-hybridized carbons (Fsp3) is 0.357. The highest BCUT2D eigenvalue weighted by molar-refractivity contribution is 5.17. The summed E-state index contributed by atoms with van der Waals surface area (Å²) >= 11 is 0. The van der Waals surface area contributed by atoms with Crippen molar-refractivity contribution >= 4 is 0 Å². The van der Waals surface area contributed by atoms with Crippen LogP contribution in [-0.2, 0) is 19.4 Å². The summed E-state index contributed by atoms with van der Waals surface area (Å²) in [6, 6.07) is 6.59. The fourth-order valence-corrected chi connectivity index (χ4v) is 2.13. The first-order valence-electron chi connectivity index (χ1n) is 6.43. The Hall–Kier alpha value is -1.72. The number of hydrazine groups is 1. The van der Waals surface area contributed by atoms with E-state index in [4.69, 9.17) is 5.84 Å². The molecule has 0 saturated carbocycles. The smallest absolute Gasteiger partial charge is 0.123 e. The predicted molar refractivity (Wildman–Crippen MR) is 72.8 cm³/mol. The first kappa shape index (κ1) is 13.7. The van der Waals surface area contributed by atoms with Gasteiger partial charge in [-0.05, 0) is 31.0 Å². The van der Waals surface area contributed by atoms with Crippen molar-refractivity contribution in [2.75, 3.05) is 0 Å². The topological polar surface area (TPSA) is 55.9 Å². The van der Waals surface area contributed by atoms with Gasteiger partial charge in [0.05, 0.1) is 0 Å². The van der Waals surface area contributed by atoms with E-state index in [2.05, 4.69) is 21.9 Å². The molecule has 1 heterocycles. The van der Waals surface area contributed by atoms with Crippen molar-refractivity contribution < 1.29 is 4.39 Å². The maximum Gasteiger partial charge on any atom is 0.123 e. The predicted octanol–water partition coefficient (Wildman–Crippen LogP) is 1.66. The van der Waals surface area contributed by atoms with Gasteiger partial charge in [-0.15, -0.1) is 0 Å². The van der Waals surface area contributed by atoms with Crippen molar-refractivity contribution in [1.82, 2.24) is 15.0 Å². The zero-order valence-electron chi connectivity index (χ0n) is 11.0. The number of nitrogens with two attached hydrogens (primary N) is 1. The number of aryl methyl sites for hydroxylation is 1. The van der Waals surface area contributed by atoms with Crippen LogP contribution in [0.3, 0.4) is 0 Å². The van der Waals surface area contributed by atoms with Crippen LogP contribution in [0.5, 0.6) is 0 Å².